The van der Waals surface area contributed by atoms with E-state index in [9.17, 15) is 8.78 Å². The molecule has 0 spiro atoms. The van der Waals surface area contributed by atoms with Gasteiger partial charge in [-0.05, 0) is 50.1 Å². The van der Waals surface area contributed by atoms with Gasteiger partial charge in [0.25, 0.3) is 5.92 Å². The summed E-state index contributed by atoms with van der Waals surface area (Å²) in [6, 6.07) is 1.50. The monoisotopic (exact) mass is 243 g/mol. The molecular formula is C13H19F2NO. The molecule has 0 aromatic heterocycles. The average Bonchev–Trinajstić information content (AvgIpc) is 2.24. The van der Waals surface area contributed by atoms with E-state index in [1.165, 1.54) is 6.07 Å². The predicted molar refractivity (Wildman–Crippen MR) is 64.8 cm³/mol. The van der Waals surface area contributed by atoms with Crippen LogP contribution in [0.25, 0.3) is 0 Å². The molecule has 0 bridgehead atoms. The Balaban J connectivity index is 3.37. The number of alkyl halides is 2. The van der Waals surface area contributed by atoms with Crippen molar-refractivity contribution < 1.29 is 13.5 Å². The first kappa shape index (κ1) is 13.9. The molecule has 0 fully saturated rings. The fourth-order valence-electron chi connectivity index (χ4n) is 2.07. The Morgan fingerprint density at radius 1 is 1.24 bits per heavy atom. The van der Waals surface area contributed by atoms with E-state index in [-0.39, 0.29) is 18.5 Å². The first-order chi connectivity index (χ1) is 7.85. The second-order valence-corrected chi connectivity index (χ2v) is 4.27. The van der Waals surface area contributed by atoms with Crippen LogP contribution in [0.15, 0.2) is 6.07 Å². The summed E-state index contributed by atoms with van der Waals surface area (Å²) in [5.41, 5.74) is 7.35. The molecule has 0 aliphatic carbocycles. The lowest BCUT2D eigenvalue weighted by Gasteiger charge is -2.22. The normalized spacial score (nSPS) is 11.7. The number of hydrogen-bond donors (Lipinski definition) is 1. The van der Waals surface area contributed by atoms with E-state index in [2.05, 4.69) is 0 Å². The smallest absolute Gasteiger partial charge is 0.274 e. The number of methoxy groups -OCH3 is 1. The number of hydrogen-bond acceptors (Lipinski definition) is 2. The number of aryl methyl sites for hydroxylation is 1. The molecule has 2 N–H and O–H groups in total. The predicted octanol–water partition coefficient (Wildman–Crippen LogP) is 3.06. The van der Waals surface area contributed by atoms with E-state index in [0.29, 0.717) is 11.3 Å². The largest absolute Gasteiger partial charge is 0.496 e. The molecule has 1 aromatic carbocycles. The minimum absolute atomic E-state index is 0.0312. The molecule has 0 saturated heterocycles. The number of halogens is 2. The molecule has 17 heavy (non-hydrogen) atoms. The van der Waals surface area contributed by atoms with E-state index < -0.39 is 5.92 Å². The van der Waals surface area contributed by atoms with Gasteiger partial charge in [0.1, 0.15) is 5.75 Å². The summed E-state index contributed by atoms with van der Waals surface area (Å²) >= 11 is 0. The van der Waals surface area contributed by atoms with Crippen LogP contribution in [-0.4, -0.2) is 13.7 Å². The van der Waals surface area contributed by atoms with Crippen molar-refractivity contribution in [2.45, 2.75) is 33.1 Å². The third-order valence-electron chi connectivity index (χ3n) is 3.08. The Morgan fingerprint density at radius 2 is 1.82 bits per heavy atom. The summed E-state index contributed by atoms with van der Waals surface area (Å²) in [6.07, 6.45) is -0.334. The lowest BCUT2D eigenvalue weighted by molar-refractivity contribution is -0.0114. The highest BCUT2D eigenvalue weighted by Crippen LogP contribution is 2.38. The second kappa shape index (κ2) is 5.00. The van der Waals surface area contributed by atoms with Crippen LogP contribution in [0, 0.1) is 20.8 Å². The van der Waals surface area contributed by atoms with Gasteiger partial charge in [0.05, 0.1) is 7.11 Å². The third-order valence-corrected chi connectivity index (χ3v) is 3.08. The molecule has 0 radical (unpaired) electrons. The summed E-state index contributed by atoms with van der Waals surface area (Å²) in [5.74, 6) is -2.20. The molecule has 96 valence electrons. The fourth-order valence-corrected chi connectivity index (χ4v) is 2.07. The Hall–Kier alpha value is -1.16. The zero-order valence-corrected chi connectivity index (χ0v) is 10.7. The van der Waals surface area contributed by atoms with Crippen LogP contribution in [-0.2, 0) is 5.92 Å². The fraction of sp³-hybridized carbons (Fsp3) is 0.538. The van der Waals surface area contributed by atoms with Crippen LogP contribution < -0.4 is 10.5 Å². The summed E-state index contributed by atoms with van der Waals surface area (Å²) in [6.45, 7) is 5.23. The molecule has 0 aliphatic heterocycles. The van der Waals surface area contributed by atoms with Crippen LogP contribution in [0.1, 0.15) is 28.7 Å². The Morgan fingerprint density at radius 3 is 2.29 bits per heavy atom. The minimum atomic E-state index is -2.87. The third kappa shape index (κ3) is 2.57. The van der Waals surface area contributed by atoms with E-state index in [0.717, 1.165) is 11.1 Å². The molecule has 0 aliphatic rings. The maximum Gasteiger partial charge on any atom is 0.274 e. The van der Waals surface area contributed by atoms with Gasteiger partial charge in [-0.1, -0.05) is 0 Å². The molecule has 0 amide bonds. The minimum Gasteiger partial charge on any atom is -0.496 e. The van der Waals surface area contributed by atoms with Gasteiger partial charge in [-0.15, -0.1) is 0 Å². The van der Waals surface area contributed by atoms with Crippen molar-refractivity contribution >= 4 is 0 Å². The quantitative estimate of drug-likeness (QED) is 0.882. The number of ether oxygens (including phenoxy) is 1. The second-order valence-electron chi connectivity index (χ2n) is 4.27. The topological polar surface area (TPSA) is 35.2 Å². The Labute approximate surface area is 101 Å². The highest BCUT2D eigenvalue weighted by atomic mass is 19.3. The zero-order valence-electron chi connectivity index (χ0n) is 10.7. The molecule has 0 unspecified atom stereocenters. The standard InChI is InChI=1S/C13H19F2NO/c1-8-7-11(13(14,15)5-6-16)9(2)10(3)12(8)17-4/h7H,5-6,16H2,1-4H3. The molecule has 0 atom stereocenters. The van der Waals surface area contributed by atoms with Crippen LogP contribution >= 0.6 is 0 Å². The molecular weight excluding hydrogens is 224 g/mol. The van der Waals surface area contributed by atoms with Crippen LogP contribution in [0.3, 0.4) is 0 Å². The van der Waals surface area contributed by atoms with E-state index in [1.807, 2.05) is 0 Å². The highest BCUT2D eigenvalue weighted by Gasteiger charge is 2.33. The van der Waals surface area contributed by atoms with Gasteiger partial charge in [-0.2, -0.15) is 0 Å². The van der Waals surface area contributed by atoms with E-state index >= 15 is 0 Å². The SMILES string of the molecule is COc1c(C)cc(C(F)(F)CCN)c(C)c1C. The Kier molecular flexibility index (Phi) is 4.09. The van der Waals surface area contributed by atoms with Crippen molar-refractivity contribution in [1.82, 2.24) is 0 Å². The molecule has 0 heterocycles. The maximum absolute atomic E-state index is 13.9. The maximum atomic E-state index is 13.9. The van der Waals surface area contributed by atoms with Gasteiger partial charge >= 0.3 is 0 Å². The molecule has 1 aromatic rings. The van der Waals surface area contributed by atoms with E-state index in [1.54, 1.807) is 27.9 Å². The molecule has 2 nitrogen and oxygen atoms in total. The van der Waals surface area contributed by atoms with Crippen LogP contribution in [0.2, 0.25) is 0 Å². The van der Waals surface area contributed by atoms with Gasteiger partial charge in [-0.3, -0.25) is 0 Å². The molecule has 4 heteroatoms. The average molecular weight is 243 g/mol. The number of nitrogens with two attached hydrogens (primary N) is 1. The van der Waals surface area contributed by atoms with Gasteiger partial charge in [-0.25, -0.2) is 8.78 Å². The highest BCUT2D eigenvalue weighted by molar-refractivity contribution is 5.50. The number of rotatable bonds is 4. The van der Waals surface area contributed by atoms with Crippen LogP contribution in [0.5, 0.6) is 5.75 Å². The van der Waals surface area contributed by atoms with Gasteiger partial charge in [0, 0.05) is 12.0 Å². The summed E-state index contributed by atoms with van der Waals surface area (Å²) < 4.78 is 33.0. The summed E-state index contributed by atoms with van der Waals surface area (Å²) in [5, 5.41) is 0. The van der Waals surface area contributed by atoms with Crippen molar-refractivity contribution in [3.63, 3.8) is 0 Å². The lowest BCUT2D eigenvalue weighted by Crippen LogP contribution is -2.20. The lowest BCUT2D eigenvalue weighted by atomic mass is 9.93. The van der Waals surface area contributed by atoms with Crippen LogP contribution in [0.4, 0.5) is 8.78 Å². The first-order valence-electron chi connectivity index (χ1n) is 5.58. The van der Waals surface area contributed by atoms with Crippen molar-refractivity contribution in [2.75, 3.05) is 13.7 Å². The van der Waals surface area contributed by atoms with Gasteiger partial charge in [0.2, 0.25) is 0 Å². The van der Waals surface area contributed by atoms with Crippen molar-refractivity contribution in [1.29, 1.82) is 0 Å². The van der Waals surface area contributed by atoms with E-state index in [4.69, 9.17) is 10.5 Å². The van der Waals surface area contributed by atoms with Crippen molar-refractivity contribution in [3.8, 4) is 5.75 Å². The molecule has 1 rings (SSSR count). The summed E-state index contributed by atoms with van der Waals surface area (Å²) in [7, 11) is 1.55. The van der Waals surface area contributed by atoms with Crippen molar-refractivity contribution in [3.05, 3.63) is 28.3 Å². The number of benzene rings is 1. The molecule has 0 saturated carbocycles. The van der Waals surface area contributed by atoms with Gasteiger partial charge in [0.15, 0.2) is 0 Å². The van der Waals surface area contributed by atoms with Crippen molar-refractivity contribution in [2.24, 2.45) is 5.73 Å². The van der Waals surface area contributed by atoms with Gasteiger partial charge < -0.3 is 10.5 Å². The zero-order chi connectivity index (χ0) is 13.2. The summed E-state index contributed by atoms with van der Waals surface area (Å²) in [4.78, 5) is 0. The first-order valence-corrected chi connectivity index (χ1v) is 5.58. The Bertz CT molecular complexity index is 416.